The van der Waals surface area contributed by atoms with Crippen molar-refractivity contribution in [1.29, 1.82) is 0 Å². The number of hydrogen-bond donors (Lipinski definition) is 2. The van der Waals surface area contributed by atoms with E-state index in [1.807, 2.05) is 0 Å². The Hall–Kier alpha value is -2.27. The lowest BCUT2D eigenvalue weighted by molar-refractivity contribution is -0.294. The van der Waals surface area contributed by atoms with Gasteiger partial charge in [0.05, 0.1) is 6.61 Å². The van der Waals surface area contributed by atoms with Gasteiger partial charge in [-0.2, -0.15) is 26.3 Å². The fourth-order valence-electron chi connectivity index (χ4n) is 1.59. The van der Waals surface area contributed by atoms with Crippen LogP contribution in [0.3, 0.4) is 0 Å². The number of halogens is 8. The molecule has 1 aromatic carbocycles. The molecule has 0 bridgehead atoms. The molecule has 0 radical (unpaired) electrons. The first-order valence-corrected chi connectivity index (χ1v) is 6.15. The van der Waals surface area contributed by atoms with Gasteiger partial charge in [-0.15, -0.1) is 0 Å². The summed E-state index contributed by atoms with van der Waals surface area (Å²) in [5.74, 6) is -3.17. The molecule has 0 aromatic heterocycles. The van der Waals surface area contributed by atoms with Gasteiger partial charge >= 0.3 is 24.1 Å². The van der Waals surface area contributed by atoms with Gasteiger partial charge in [-0.25, -0.2) is 13.6 Å². The number of carbonyl (C=O) groups excluding carboxylic acids is 1. The highest BCUT2D eigenvalue weighted by atomic mass is 19.4. The molecule has 0 saturated carbocycles. The van der Waals surface area contributed by atoms with Crippen LogP contribution in [-0.4, -0.2) is 30.7 Å². The van der Waals surface area contributed by atoms with Crippen molar-refractivity contribution >= 4 is 11.8 Å². The molecule has 12 heteroatoms. The monoisotopic (exact) mass is 366 g/mol. The van der Waals surface area contributed by atoms with Gasteiger partial charge in [-0.1, -0.05) is 0 Å². The summed E-state index contributed by atoms with van der Waals surface area (Å²) in [5, 5.41) is 1.62. The average molecular weight is 366 g/mol. The Morgan fingerprint density at radius 2 is 1.58 bits per heavy atom. The van der Waals surface area contributed by atoms with Crippen LogP contribution < -0.4 is 10.6 Å². The topological polar surface area (TPSA) is 50.4 Å². The van der Waals surface area contributed by atoms with Crippen molar-refractivity contribution in [2.75, 3.05) is 11.9 Å². The zero-order chi connectivity index (χ0) is 18.8. The minimum atomic E-state index is -6.09. The Labute approximate surface area is 129 Å². The second kappa shape index (κ2) is 6.69. The van der Waals surface area contributed by atoms with Crippen molar-refractivity contribution < 1.29 is 44.7 Å². The van der Waals surface area contributed by atoms with Crippen molar-refractivity contribution in [3.63, 3.8) is 0 Å². The molecule has 2 N–H and O–H groups in total. The summed E-state index contributed by atoms with van der Waals surface area (Å²) in [6.07, 6.45) is -14.2. The van der Waals surface area contributed by atoms with Crippen molar-refractivity contribution in [2.45, 2.75) is 24.9 Å². The highest BCUT2D eigenvalue weighted by Crippen LogP contribution is 2.43. The van der Waals surface area contributed by atoms with Crippen LogP contribution in [0.4, 0.5) is 45.6 Å². The number of ether oxygens (including phenoxy) is 1. The van der Waals surface area contributed by atoms with E-state index < -0.39 is 48.0 Å². The maximum atomic E-state index is 13.1. The van der Waals surface area contributed by atoms with Crippen LogP contribution in [-0.2, 0) is 4.74 Å². The summed E-state index contributed by atoms with van der Waals surface area (Å²) >= 11 is 0. The molecule has 4 nitrogen and oxygen atoms in total. The van der Waals surface area contributed by atoms with Crippen molar-refractivity contribution in [1.82, 2.24) is 5.32 Å². The lowest BCUT2D eigenvalue weighted by Crippen LogP contribution is -2.72. The summed E-state index contributed by atoms with van der Waals surface area (Å²) in [4.78, 5) is 11.2. The molecule has 0 aliphatic rings. The summed E-state index contributed by atoms with van der Waals surface area (Å²) in [6.45, 7) is 0.661. The highest BCUT2D eigenvalue weighted by molar-refractivity contribution is 5.69. The number of carbonyl (C=O) groups is 1. The Morgan fingerprint density at radius 1 is 1.04 bits per heavy atom. The van der Waals surface area contributed by atoms with Gasteiger partial charge in [-0.3, -0.25) is 5.32 Å². The number of hydrogen-bond acceptors (Lipinski definition) is 3. The average Bonchev–Trinajstić information content (AvgIpc) is 2.39. The second-order valence-corrected chi connectivity index (χ2v) is 4.34. The first-order valence-electron chi connectivity index (χ1n) is 6.15. The molecule has 0 unspecified atom stereocenters. The molecule has 0 atom stereocenters. The lowest BCUT2D eigenvalue weighted by Gasteiger charge is -2.38. The van der Waals surface area contributed by atoms with E-state index in [4.69, 9.17) is 0 Å². The number of anilines is 1. The molecular formula is C12H10F8N2O2. The van der Waals surface area contributed by atoms with Crippen molar-refractivity contribution in [3.05, 3.63) is 29.8 Å². The van der Waals surface area contributed by atoms with Crippen molar-refractivity contribution in [2.24, 2.45) is 0 Å². The number of alkyl carbamates (subject to hydrolysis) is 1. The molecule has 136 valence electrons. The maximum absolute atomic E-state index is 13.1. The number of alkyl halides is 6. The van der Waals surface area contributed by atoms with E-state index in [1.165, 1.54) is 0 Å². The molecule has 1 aromatic rings. The number of amides is 1. The number of rotatable bonds is 4. The Bertz CT molecular complexity index is 586. The maximum Gasteiger partial charge on any atom is 0.439 e. The summed E-state index contributed by atoms with van der Waals surface area (Å²) in [7, 11) is 0. The van der Waals surface area contributed by atoms with Crippen LogP contribution in [0.25, 0.3) is 0 Å². The first-order chi connectivity index (χ1) is 10.8. The normalized spacial score (nSPS) is 12.7. The Balaban J connectivity index is 3.39. The van der Waals surface area contributed by atoms with Crippen molar-refractivity contribution in [3.8, 4) is 0 Å². The quantitative estimate of drug-likeness (QED) is 0.627. The molecule has 24 heavy (non-hydrogen) atoms. The van der Waals surface area contributed by atoms with E-state index in [9.17, 15) is 39.9 Å². The number of nitrogens with one attached hydrogen (secondary N) is 2. The summed E-state index contributed by atoms with van der Waals surface area (Å²) in [6, 6.07) is 0.839. The van der Waals surface area contributed by atoms with Crippen LogP contribution in [0.2, 0.25) is 0 Å². The van der Waals surface area contributed by atoms with Gasteiger partial charge in [0.15, 0.2) is 11.6 Å². The molecule has 0 aliphatic carbocycles. The SMILES string of the molecule is CCOC(=O)NC(Nc1ccc(F)c(F)c1)(C(F)(F)F)C(F)(F)F. The zero-order valence-corrected chi connectivity index (χ0v) is 11.8. The highest BCUT2D eigenvalue weighted by Gasteiger charge is 2.73. The van der Waals surface area contributed by atoms with Gasteiger partial charge in [-0.05, 0) is 19.1 Å². The first kappa shape index (κ1) is 19.8. The minimum Gasteiger partial charge on any atom is -0.450 e. The van der Waals surface area contributed by atoms with Crippen LogP contribution in [0.15, 0.2) is 18.2 Å². The third kappa shape index (κ3) is 3.97. The third-order valence-electron chi connectivity index (χ3n) is 2.67. The molecule has 0 aliphatic heterocycles. The van der Waals surface area contributed by atoms with Gasteiger partial charge in [0.2, 0.25) is 0 Å². The minimum absolute atomic E-state index is 0.0778. The molecule has 1 rings (SSSR count). The second-order valence-electron chi connectivity index (χ2n) is 4.34. The summed E-state index contributed by atoms with van der Waals surface area (Å²) < 4.78 is 109. The van der Waals surface area contributed by atoms with Crippen LogP contribution >= 0.6 is 0 Å². The smallest absolute Gasteiger partial charge is 0.439 e. The fourth-order valence-corrected chi connectivity index (χ4v) is 1.59. The molecule has 0 fully saturated rings. The van der Waals surface area contributed by atoms with Gasteiger partial charge in [0.1, 0.15) is 0 Å². The third-order valence-corrected chi connectivity index (χ3v) is 2.67. The van der Waals surface area contributed by atoms with E-state index in [-0.39, 0.29) is 6.07 Å². The molecule has 0 saturated heterocycles. The van der Waals surface area contributed by atoms with Crippen LogP contribution in [0, 0.1) is 11.6 Å². The molecule has 1 amide bonds. The Morgan fingerprint density at radius 3 is 2.00 bits per heavy atom. The van der Waals surface area contributed by atoms with E-state index in [1.54, 1.807) is 0 Å². The van der Waals surface area contributed by atoms with Crippen LogP contribution in [0.1, 0.15) is 6.92 Å². The van der Waals surface area contributed by atoms with E-state index >= 15 is 0 Å². The standard InChI is InChI=1S/C12H10F8N2O2/c1-2-24-9(23)22-10(11(15,16)17,12(18,19)20)21-6-3-4-7(13)8(14)5-6/h3-5,21H,2H2,1H3,(H,22,23). The fraction of sp³-hybridized carbons (Fsp3) is 0.417. The predicted octanol–water partition coefficient (Wildman–Crippen LogP) is 3.94. The van der Waals surface area contributed by atoms with Crippen LogP contribution in [0.5, 0.6) is 0 Å². The van der Waals surface area contributed by atoms with E-state index in [0.717, 1.165) is 12.2 Å². The Kier molecular flexibility index (Phi) is 5.51. The largest absolute Gasteiger partial charge is 0.450 e. The molecule has 0 heterocycles. The molecular weight excluding hydrogens is 356 g/mol. The predicted molar refractivity (Wildman–Crippen MR) is 65.0 cm³/mol. The zero-order valence-electron chi connectivity index (χ0n) is 11.8. The van der Waals surface area contributed by atoms with Gasteiger partial charge in [0, 0.05) is 11.8 Å². The van der Waals surface area contributed by atoms with E-state index in [0.29, 0.717) is 17.4 Å². The number of benzene rings is 1. The van der Waals surface area contributed by atoms with E-state index in [2.05, 4.69) is 4.74 Å². The lowest BCUT2D eigenvalue weighted by atomic mass is 10.1. The molecule has 0 spiro atoms. The van der Waals surface area contributed by atoms with Gasteiger partial charge in [0.25, 0.3) is 0 Å². The van der Waals surface area contributed by atoms with Gasteiger partial charge < -0.3 is 10.1 Å². The summed E-state index contributed by atoms with van der Waals surface area (Å²) in [5.41, 5.74) is -6.04.